The summed E-state index contributed by atoms with van der Waals surface area (Å²) in [5.41, 5.74) is 0.611. The van der Waals surface area contributed by atoms with E-state index >= 15 is 0 Å². The molecule has 2 rings (SSSR count). The maximum Gasteiger partial charge on any atom is 0.224 e. The number of phenols is 1. The van der Waals surface area contributed by atoms with Gasteiger partial charge in [-0.15, -0.1) is 0 Å². The van der Waals surface area contributed by atoms with Crippen LogP contribution in [0.1, 0.15) is 18.4 Å². The molecule has 0 spiro atoms. The van der Waals surface area contributed by atoms with Crippen LogP contribution < -0.4 is 5.32 Å². The Balaban J connectivity index is 1.88. The Morgan fingerprint density at radius 3 is 2.89 bits per heavy atom. The van der Waals surface area contributed by atoms with Crippen molar-refractivity contribution in [2.75, 3.05) is 13.6 Å². The Hall–Kier alpha value is -2.04. The molecule has 2 N–H and O–H groups in total. The van der Waals surface area contributed by atoms with Gasteiger partial charge < -0.3 is 15.3 Å². The average molecular weight is 262 g/mol. The van der Waals surface area contributed by atoms with E-state index in [1.54, 1.807) is 36.2 Å². The molecule has 102 valence electrons. The van der Waals surface area contributed by atoms with Crippen LogP contribution in [-0.2, 0) is 16.0 Å². The fraction of sp³-hybridized carbons (Fsp3) is 0.429. The lowest BCUT2D eigenvalue weighted by atomic mass is 10.0. The highest BCUT2D eigenvalue weighted by Gasteiger charge is 2.24. The first kappa shape index (κ1) is 13.4. The first-order valence-corrected chi connectivity index (χ1v) is 6.36. The molecule has 1 fully saturated rings. The van der Waals surface area contributed by atoms with Gasteiger partial charge in [0.25, 0.3) is 0 Å². The van der Waals surface area contributed by atoms with Gasteiger partial charge in [0.2, 0.25) is 11.8 Å². The molecule has 5 nitrogen and oxygen atoms in total. The van der Waals surface area contributed by atoms with Crippen LogP contribution in [0.2, 0.25) is 0 Å². The number of hydrogen-bond acceptors (Lipinski definition) is 3. The normalized spacial score (nSPS) is 19.3. The number of piperidine rings is 1. The topological polar surface area (TPSA) is 69.6 Å². The van der Waals surface area contributed by atoms with E-state index in [2.05, 4.69) is 5.32 Å². The van der Waals surface area contributed by atoms with Crippen molar-refractivity contribution in [3.05, 3.63) is 29.8 Å². The minimum absolute atomic E-state index is 0.000977. The van der Waals surface area contributed by atoms with Crippen LogP contribution in [0.3, 0.4) is 0 Å². The summed E-state index contributed by atoms with van der Waals surface area (Å²) in [5, 5.41) is 12.5. The van der Waals surface area contributed by atoms with E-state index in [-0.39, 0.29) is 30.0 Å². The average Bonchev–Trinajstić information content (AvgIpc) is 2.37. The number of phenolic OH excluding ortho intramolecular Hbond substituents is 1. The van der Waals surface area contributed by atoms with E-state index in [1.165, 1.54) is 0 Å². The third-order valence-corrected chi connectivity index (χ3v) is 3.33. The van der Waals surface area contributed by atoms with Gasteiger partial charge in [0.15, 0.2) is 0 Å². The SMILES string of the molecule is CN1CC(NC(=O)Cc2ccccc2O)CCC1=O. The van der Waals surface area contributed by atoms with Crippen molar-refractivity contribution in [2.24, 2.45) is 0 Å². The van der Waals surface area contributed by atoms with Gasteiger partial charge in [-0.3, -0.25) is 9.59 Å². The molecule has 1 aromatic rings. The summed E-state index contributed by atoms with van der Waals surface area (Å²) in [6, 6.07) is 6.80. The number of para-hydroxylation sites is 1. The monoisotopic (exact) mass is 262 g/mol. The van der Waals surface area contributed by atoms with Gasteiger partial charge in [-0.1, -0.05) is 18.2 Å². The van der Waals surface area contributed by atoms with E-state index < -0.39 is 0 Å². The summed E-state index contributed by atoms with van der Waals surface area (Å²) in [7, 11) is 1.74. The molecule has 5 heteroatoms. The van der Waals surface area contributed by atoms with Gasteiger partial charge in [0, 0.05) is 31.6 Å². The molecule has 19 heavy (non-hydrogen) atoms. The van der Waals surface area contributed by atoms with Crippen molar-refractivity contribution in [1.82, 2.24) is 10.2 Å². The predicted molar refractivity (Wildman–Crippen MR) is 70.6 cm³/mol. The summed E-state index contributed by atoms with van der Waals surface area (Å²) in [4.78, 5) is 24.9. The number of carbonyl (C=O) groups excluding carboxylic acids is 2. The van der Waals surface area contributed by atoms with Crippen molar-refractivity contribution < 1.29 is 14.7 Å². The first-order valence-electron chi connectivity index (χ1n) is 6.36. The van der Waals surface area contributed by atoms with Crippen molar-refractivity contribution >= 4 is 11.8 Å². The number of likely N-dealkylation sites (tertiary alicyclic amines) is 1. The molecule has 1 saturated heterocycles. The molecule has 0 saturated carbocycles. The van der Waals surface area contributed by atoms with E-state index in [4.69, 9.17) is 0 Å². The third kappa shape index (κ3) is 3.47. The van der Waals surface area contributed by atoms with Crippen LogP contribution in [0.4, 0.5) is 0 Å². The highest BCUT2D eigenvalue weighted by Crippen LogP contribution is 2.16. The van der Waals surface area contributed by atoms with E-state index in [0.29, 0.717) is 24.9 Å². The Bertz CT molecular complexity index is 487. The smallest absolute Gasteiger partial charge is 0.224 e. The molecule has 1 unspecified atom stereocenters. The number of nitrogens with zero attached hydrogens (tertiary/aromatic N) is 1. The van der Waals surface area contributed by atoms with Crippen LogP contribution in [0.5, 0.6) is 5.75 Å². The predicted octanol–water partition coefficient (Wildman–Crippen LogP) is 0.672. The molecule has 1 atom stereocenters. The van der Waals surface area contributed by atoms with Crippen molar-refractivity contribution in [3.8, 4) is 5.75 Å². The summed E-state index contributed by atoms with van der Waals surface area (Å²) < 4.78 is 0. The van der Waals surface area contributed by atoms with Gasteiger partial charge in [0.1, 0.15) is 5.75 Å². The zero-order valence-electron chi connectivity index (χ0n) is 10.9. The molecule has 0 aromatic heterocycles. The number of amides is 2. The van der Waals surface area contributed by atoms with Crippen molar-refractivity contribution in [1.29, 1.82) is 0 Å². The number of likely N-dealkylation sites (N-methyl/N-ethyl adjacent to an activating group) is 1. The molecule has 1 heterocycles. The van der Waals surface area contributed by atoms with Gasteiger partial charge in [-0.25, -0.2) is 0 Å². The van der Waals surface area contributed by atoms with Gasteiger partial charge in [-0.2, -0.15) is 0 Å². The number of benzene rings is 1. The van der Waals surface area contributed by atoms with Crippen molar-refractivity contribution in [3.63, 3.8) is 0 Å². The number of nitrogens with one attached hydrogen (secondary N) is 1. The summed E-state index contributed by atoms with van der Waals surface area (Å²) >= 11 is 0. The number of carbonyl (C=O) groups is 2. The molecule has 1 aliphatic rings. The lowest BCUT2D eigenvalue weighted by Crippen LogP contribution is -2.48. The lowest BCUT2D eigenvalue weighted by molar-refractivity contribution is -0.133. The van der Waals surface area contributed by atoms with Crippen LogP contribution in [0.25, 0.3) is 0 Å². The fourth-order valence-electron chi connectivity index (χ4n) is 2.24. The highest BCUT2D eigenvalue weighted by atomic mass is 16.3. The second kappa shape index (κ2) is 5.73. The quantitative estimate of drug-likeness (QED) is 0.841. The Morgan fingerprint density at radius 1 is 1.47 bits per heavy atom. The number of aromatic hydroxyl groups is 1. The zero-order chi connectivity index (χ0) is 13.8. The maximum atomic E-state index is 11.9. The summed E-state index contributed by atoms with van der Waals surface area (Å²) in [6.45, 7) is 0.547. The molecular weight excluding hydrogens is 244 g/mol. The molecule has 1 aromatic carbocycles. The minimum Gasteiger partial charge on any atom is -0.508 e. The van der Waals surface area contributed by atoms with Crippen LogP contribution in [0.15, 0.2) is 24.3 Å². The van der Waals surface area contributed by atoms with E-state index in [9.17, 15) is 14.7 Å². The highest BCUT2D eigenvalue weighted by molar-refractivity contribution is 5.80. The third-order valence-electron chi connectivity index (χ3n) is 3.33. The fourth-order valence-corrected chi connectivity index (χ4v) is 2.24. The molecular formula is C14H18N2O3. The lowest BCUT2D eigenvalue weighted by Gasteiger charge is -2.30. The van der Waals surface area contributed by atoms with E-state index in [0.717, 1.165) is 0 Å². The van der Waals surface area contributed by atoms with Crippen LogP contribution >= 0.6 is 0 Å². The van der Waals surface area contributed by atoms with Crippen molar-refractivity contribution in [2.45, 2.75) is 25.3 Å². The largest absolute Gasteiger partial charge is 0.508 e. The van der Waals surface area contributed by atoms with Gasteiger partial charge in [-0.05, 0) is 12.5 Å². The maximum absolute atomic E-state index is 11.9. The second-order valence-corrected chi connectivity index (χ2v) is 4.88. The van der Waals surface area contributed by atoms with Crippen LogP contribution in [0, 0.1) is 0 Å². The van der Waals surface area contributed by atoms with Gasteiger partial charge in [0.05, 0.1) is 6.42 Å². The standard InChI is InChI=1S/C14H18N2O3/c1-16-9-11(6-7-14(16)19)15-13(18)8-10-4-2-3-5-12(10)17/h2-5,11,17H,6-9H2,1H3,(H,15,18). The Labute approximate surface area is 112 Å². The summed E-state index contributed by atoms with van der Waals surface area (Å²) in [6.07, 6.45) is 1.30. The number of hydrogen-bond donors (Lipinski definition) is 2. The van der Waals surface area contributed by atoms with E-state index in [1.807, 2.05) is 0 Å². The zero-order valence-corrected chi connectivity index (χ0v) is 10.9. The van der Waals surface area contributed by atoms with Crippen LogP contribution in [-0.4, -0.2) is 41.5 Å². The first-order chi connectivity index (χ1) is 9.06. The van der Waals surface area contributed by atoms with Gasteiger partial charge >= 0.3 is 0 Å². The molecule has 1 aliphatic heterocycles. The molecule has 0 bridgehead atoms. The minimum atomic E-state index is -0.130. The Morgan fingerprint density at radius 2 is 2.21 bits per heavy atom. The molecule has 0 aliphatic carbocycles. The number of rotatable bonds is 3. The summed E-state index contributed by atoms with van der Waals surface area (Å²) in [5.74, 6) is 0.119. The molecule has 2 amide bonds. The second-order valence-electron chi connectivity index (χ2n) is 4.88. The molecule has 0 radical (unpaired) electrons. The Kier molecular flexibility index (Phi) is 4.04.